The van der Waals surface area contributed by atoms with Crippen LogP contribution in [0.3, 0.4) is 0 Å². The van der Waals surface area contributed by atoms with Gasteiger partial charge in [0.1, 0.15) is 0 Å². The van der Waals surface area contributed by atoms with Crippen LogP contribution in [0, 0.1) is 23.3 Å². The fraction of sp³-hybridized carbons (Fsp3) is 0.125. The van der Waals surface area contributed by atoms with Crippen LogP contribution in [0.5, 0.6) is 0 Å². The first-order chi connectivity index (χ1) is 26.0. The zero-order chi connectivity index (χ0) is 37.5. The second-order valence-corrected chi connectivity index (χ2v) is 15.1. The van der Waals surface area contributed by atoms with E-state index in [1.165, 1.54) is 0 Å². The van der Waals surface area contributed by atoms with E-state index < -0.39 is 45.2 Å². The lowest BCUT2D eigenvalue weighted by molar-refractivity contribution is 0.385. The summed E-state index contributed by atoms with van der Waals surface area (Å²) >= 11 is 0. The number of hydrogen-bond donors (Lipinski definition) is 0. The van der Waals surface area contributed by atoms with E-state index in [0.29, 0.717) is 11.1 Å². The average Bonchev–Trinajstić information content (AvgIpc) is 3.70. The molecule has 9 rings (SSSR count). The highest BCUT2D eigenvalue weighted by Crippen LogP contribution is 2.44. The van der Waals surface area contributed by atoms with Gasteiger partial charge in [0.15, 0.2) is 23.3 Å². The molecule has 0 bridgehead atoms. The minimum Gasteiger partial charge on any atom is -0.309 e. The Kier molecular flexibility index (Phi) is 7.61. The molecule has 2 aromatic heterocycles. The second-order valence-electron chi connectivity index (χ2n) is 15.1. The van der Waals surface area contributed by atoms with E-state index in [1.54, 1.807) is 52.0 Å². The maximum absolute atomic E-state index is 16.3. The molecule has 0 aliphatic carbocycles. The molecule has 2 nitrogen and oxygen atoms in total. The Balaban J connectivity index is 1.08. The summed E-state index contributed by atoms with van der Waals surface area (Å²) in [6.07, 6.45) is 0. The lowest BCUT2D eigenvalue weighted by Crippen LogP contribution is -2.29. The summed E-state index contributed by atoms with van der Waals surface area (Å²) < 4.78 is 69.6. The molecule has 0 spiro atoms. The molecule has 0 radical (unpaired) electrons. The molecule has 6 heteroatoms. The van der Waals surface area contributed by atoms with Crippen molar-refractivity contribution in [3.05, 3.63) is 191 Å². The van der Waals surface area contributed by atoms with Gasteiger partial charge in [0, 0.05) is 54.9 Å². The zero-order valence-electron chi connectivity index (χ0n) is 30.3. The van der Waals surface area contributed by atoms with E-state index in [1.807, 2.05) is 97.1 Å². The van der Waals surface area contributed by atoms with Crippen LogP contribution in [-0.4, -0.2) is 9.13 Å². The zero-order valence-corrected chi connectivity index (χ0v) is 30.3. The van der Waals surface area contributed by atoms with E-state index in [-0.39, 0.29) is 0 Å². The van der Waals surface area contributed by atoms with Gasteiger partial charge in [-0.3, -0.25) is 0 Å². The Hall–Kier alpha value is -6.14. The molecule has 266 valence electrons. The molecule has 0 amide bonds. The minimum absolute atomic E-state index is 0.510. The van der Waals surface area contributed by atoms with Gasteiger partial charge in [-0.2, -0.15) is 0 Å². The molecule has 0 aliphatic heterocycles. The third-order valence-electron chi connectivity index (χ3n) is 11.4. The van der Waals surface area contributed by atoms with Gasteiger partial charge in [-0.25, -0.2) is 17.6 Å². The van der Waals surface area contributed by atoms with Crippen LogP contribution < -0.4 is 0 Å². The molecule has 0 aliphatic rings. The van der Waals surface area contributed by atoms with Crippen LogP contribution in [0.1, 0.15) is 49.9 Å². The first-order valence-corrected chi connectivity index (χ1v) is 18.0. The van der Waals surface area contributed by atoms with Gasteiger partial charge in [-0.15, -0.1) is 0 Å². The van der Waals surface area contributed by atoms with Crippen molar-refractivity contribution in [2.75, 3.05) is 0 Å². The summed E-state index contributed by atoms with van der Waals surface area (Å²) in [5, 5.41) is 4.42. The SMILES string of the molecule is CC(C)(c1ccc(-n2c3ccccc3c3ccccc32)cc1)c1c(F)c(F)c(C(C)(C)c2ccc(-n3c4ccccc4c4ccccc43)cc2)c(F)c1F. The highest BCUT2D eigenvalue weighted by molar-refractivity contribution is 6.10. The minimum atomic E-state index is -1.41. The Labute approximate surface area is 310 Å². The van der Waals surface area contributed by atoms with E-state index in [2.05, 4.69) is 33.4 Å². The van der Waals surface area contributed by atoms with E-state index >= 15 is 17.6 Å². The summed E-state index contributed by atoms with van der Waals surface area (Å²) in [4.78, 5) is 0. The molecule has 9 aromatic rings. The monoisotopic (exact) mass is 716 g/mol. The molecule has 0 saturated heterocycles. The van der Waals surface area contributed by atoms with Crippen molar-refractivity contribution in [1.29, 1.82) is 0 Å². The Morgan fingerprint density at radius 1 is 0.333 bits per heavy atom. The normalized spacial score (nSPS) is 12.4. The lowest BCUT2D eigenvalue weighted by Gasteiger charge is -2.32. The standard InChI is InChI=1S/C48H36F4N2/c1-47(2,29-21-25-31(26-22-29)53-37-17-9-5-13-33(37)34-14-6-10-18-38(34)53)41-43(49)45(51)42(46(52)44(41)50)48(3,4)30-23-27-32(28-24-30)54-39-19-11-7-15-35(39)36-16-8-12-20-40(36)54/h5-28H,1-4H3. The maximum Gasteiger partial charge on any atom is 0.166 e. The van der Waals surface area contributed by atoms with Gasteiger partial charge in [-0.1, -0.05) is 125 Å². The molecule has 0 atom stereocenters. The molecule has 0 N–H and O–H groups in total. The summed E-state index contributed by atoms with van der Waals surface area (Å²) in [7, 11) is 0. The Morgan fingerprint density at radius 3 is 0.833 bits per heavy atom. The molecular weight excluding hydrogens is 681 g/mol. The fourth-order valence-electron chi connectivity index (χ4n) is 8.47. The van der Waals surface area contributed by atoms with Crippen LogP contribution in [-0.2, 0) is 10.8 Å². The van der Waals surface area contributed by atoms with Gasteiger partial charge in [0.05, 0.1) is 22.1 Å². The van der Waals surface area contributed by atoms with Crippen molar-refractivity contribution in [3.8, 4) is 11.4 Å². The molecule has 2 heterocycles. The summed E-state index contributed by atoms with van der Waals surface area (Å²) in [6.45, 7) is 6.34. The third-order valence-corrected chi connectivity index (χ3v) is 11.4. The van der Waals surface area contributed by atoms with E-state index in [4.69, 9.17) is 0 Å². The number of para-hydroxylation sites is 4. The number of benzene rings is 7. The van der Waals surface area contributed by atoms with Crippen molar-refractivity contribution in [2.24, 2.45) is 0 Å². The van der Waals surface area contributed by atoms with Crippen molar-refractivity contribution in [1.82, 2.24) is 9.13 Å². The molecule has 7 aromatic carbocycles. The predicted molar refractivity (Wildman–Crippen MR) is 212 cm³/mol. The van der Waals surface area contributed by atoms with Crippen molar-refractivity contribution < 1.29 is 17.6 Å². The third kappa shape index (κ3) is 4.86. The highest BCUT2D eigenvalue weighted by Gasteiger charge is 2.40. The quantitative estimate of drug-likeness (QED) is 0.120. The number of nitrogens with zero attached hydrogens (tertiary/aromatic N) is 2. The first-order valence-electron chi connectivity index (χ1n) is 18.0. The number of hydrogen-bond acceptors (Lipinski definition) is 0. The van der Waals surface area contributed by atoms with Crippen molar-refractivity contribution in [3.63, 3.8) is 0 Å². The van der Waals surface area contributed by atoms with Crippen molar-refractivity contribution in [2.45, 2.75) is 38.5 Å². The van der Waals surface area contributed by atoms with Crippen LogP contribution in [0.4, 0.5) is 17.6 Å². The van der Waals surface area contributed by atoms with Gasteiger partial charge in [0.25, 0.3) is 0 Å². The van der Waals surface area contributed by atoms with Crippen LogP contribution in [0.2, 0.25) is 0 Å². The molecule has 0 saturated carbocycles. The van der Waals surface area contributed by atoms with Crippen LogP contribution in [0.25, 0.3) is 55.0 Å². The Morgan fingerprint density at radius 2 is 0.574 bits per heavy atom. The highest BCUT2D eigenvalue weighted by atomic mass is 19.2. The van der Waals surface area contributed by atoms with Crippen molar-refractivity contribution >= 4 is 43.6 Å². The number of halogens is 4. The van der Waals surface area contributed by atoms with Gasteiger partial charge in [0.2, 0.25) is 0 Å². The van der Waals surface area contributed by atoms with E-state index in [0.717, 1.165) is 55.0 Å². The largest absolute Gasteiger partial charge is 0.309 e. The molecule has 0 unspecified atom stereocenters. The van der Waals surface area contributed by atoms with Crippen LogP contribution >= 0.6 is 0 Å². The smallest absolute Gasteiger partial charge is 0.166 e. The second kappa shape index (κ2) is 12.2. The number of aromatic nitrogens is 2. The topological polar surface area (TPSA) is 9.86 Å². The maximum atomic E-state index is 16.3. The molecule has 0 fully saturated rings. The predicted octanol–water partition coefficient (Wildman–Crippen LogP) is 13.1. The van der Waals surface area contributed by atoms with Gasteiger partial charge < -0.3 is 9.13 Å². The summed E-state index contributed by atoms with van der Waals surface area (Å²) in [6, 6.07) is 47.0. The number of rotatable bonds is 6. The number of fused-ring (bicyclic) bond motifs is 6. The molecule has 54 heavy (non-hydrogen) atoms. The average molecular weight is 717 g/mol. The molecular formula is C48H36F4N2. The van der Waals surface area contributed by atoms with Gasteiger partial charge >= 0.3 is 0 Å². The van der Waals surface area contributed by atoms with Crippen LogP contribution in [0.15, 0.2) is 146 Å². The van der Waals surface area contributed by atoms with E-state index in [9.17, 15) is 0 Å². The summed E-state index contributed by atoms with van der Waals surface area (Å²) in [5.74, 6) is -5.57. The first kappa shape index (κ1) is 33.7. The lowest BCUT2D eigenvalue weighted by atomic mass is 9.73. The van der Waals surface area contributed by atoms with Gasteiger partial charge in [-0.05, 0) is 59.7 Å². The Bertz CT molecular complexity index is 2580. The summed E-state index contributed by atoms with van der Waals surface area (Å²) in [5.41, 5.74) is 2.68. The fourth-order valence-corrected chi connectivity index (χ4v) is 8.47.